The second-order valence-corrected chi connectivity index (χ2v) is 17.2. The summed E-state index contributed by atoms with van der Waals surface area (Å²) in [5, 5.41) is 12.3. The third-order valence-electron chi connectivity index (χ3n) is 12.1. The standard InChI is InChI=1S/C41H72N8O11S/c1-28(37(52)57-4)46-19-21-47(29(2)38(53)58-5)23-25-49(26-24-48(22-20-46)30(3)39(54)59-6)32(40(55)60-7)16-18-43-35(51)14-9-8-12-17-42-34(50)15-11-10-13-33-36-31(27-61-33)44-41(56)45-36/h28-33,36H,8-27H2,1-7H3,(H,42,50)(H,43,51)(H2,44,45,56)/t28?,29?,30?,31-,32?,33-,36-/m0/s1. The minimum Gasteiger partial charge on any atom is -0.468 e. The van der Waals surface area contributed by atoms with Crippen LogP contribution in [0.2, 0.25) is 0 Å². The van der Waals surface area contributed by atoms with Crippen LogP contribution in [0.5, 0.6) is 0 Å². The van der Waals surface area contributed by atoms with Crippen molar-refractivity contribution in [2.24, 2.45) is 0 Å². The van der Waals surface area contributed by atoms with Crippen LogP contribution in [0.1, 0.15) is 78.6 Å². The largest absolute Gasteiger partial charge is 0.468 e. The van der Waals surface area contributed by atoms with Gasteiger partial charge in [0.15, 0.2) is 0 Å². The lowest BCUT2D eigenvalue weighted by molar-refractivity contribution is -0.151. The van der Waals surface area contributed by atoms with Crippen LogP contribution in [0.4, 0.5) is 4.79 Å². The van der Waals surface area contributed by atoms with Crippen LogP contribution in [0, 0.1) is 0 Å². The molecule has 0 aromatic rings. The Kier molecular flexibility index (Phi) is 23.2. The van der Waals surface area contributed by atoms with E-state index in [-0.39, 0.29) is 42.9 Å². The molecular formula is C41H72N8O11S. The number of urea groups is 1. The lowest BCUT2D eigenvalue weighted by Crippen LogP contribution is -2.56. The Hall–Kier alpha value is -3.72. The molecule has 0 spiro atoms. The molecule has 20 heteroatoms. The summed E-state index contributed by atoms with van der Waals surface area (Å²) in [6.07, 6.45) is 5.92. The van der Waals surface area contributed by atoms with Crippen molar-refractivity contribution < 1.29 is 52.5 Å². The number of hydrogen-bond donors (Lipinski definition) is 4. The van der Waals surface area contributed by atoms with Gasteiger partial charge in [-0.05, 0) is 52.9 Å². The molecule has 3 fully saturated rings. The van der Waals surface area contributed by atoms with E-state index in [0.717, 1.165) is 37.9 Å². The summed E-state index contributed by atoms with van der Waals surface area (Å²) < 4.78 is 20.4. The zero-order valence-corrected chi connectivity index (χ0v) is 38.2. The van der Waals surface area contributed by atoms with Gasteiger partial charge in [0, 0.05) is 89.3 Å². The summed E-state index contributed by atoms with van der Waals surface area (Å²) in [6, 6.07) is -2.25. The Morgan fingerprint density at radius 3 is 1.52 bits per heavy atom. The Labute approximate surface area is 365 Å². The number of thioether (sulfide) groups is 1. The Balaban J connectivity index is 1.51. The number of nitrogens with zero attached hydrogens (tertiary/aromatic N) is 4. The smallest absolute Gasteiger partial charge is 0.323 e. The first kappa shape index (κ1) is 51.6. The van der Waals surface area contributed by atoms with E-state index in [4.69, 9.17) is 18.9 Å². The topological polar surface area (TPSA) is 217 Å². The van der Waals surface area contributed by atoms with E-state index in [9.17, 15) is 33.6 Å². The maximum atomic E-state index is 13.4. The van der Waals surface area contributed by atoms with E-state index in [1.54, 1.807) is 20.8 Å². The molecule has 4 amide bonds. The Morgan fingerprint density at radius 1 is 0.607 bits per heavy atom. The van der Waals surface area contributed by atoms with Gasteiger partial charge >= 0.3 is 29.9 Å². The molecule has 0 aliphatic carbocycles. The number of carbonyl (C=O) groups excluding carboxylic acids is 7. The zero-order chi connectivity index (χ0) is 44.9. The monoisotopic (exact) mass is 885 g/mol. The van der Waals surface area contributed by atoms with Crippen LogP contribution >= 0.6 is 11.8 Å². The van der Waals surface area contributed by atoms with E-state index in [1.165, 1.54) is 28.4 Å². The molecule has 61 heavy (non-hydrogen) atoms. The Morgan fingerprint density at radius 2 is 1.05 bits per heavy atom. The summed E-state index contributed by atoms with van der Waals surface area (Å²) >= 11 is 1.88. The number of amides is 4. The Bertz CT molecular complexity index is 1410. The quantitative estimate of drug-likeness (QED) is 0.0499. The highest BCUT2D eigenvalue weighted by Gasteiger charge is 2.42. The number of fused-ring (bicyclic) bond motifs is 1. The van der Waals surface area contributed by atoms with Gasteiger partial charge in [-0.15, -0.1) is 0 Å². The first-order valence-electron chi connectivity index (χ1n) is 21.7. The van der Waals surface area contributed by atoms with E-state index in [1.807, 2.05) is 31.4 Å². The van der Waals surface area contributed by atoms with Crippen LogP contribution in [-0.2, 0) is 47.7 Å². The molecule has 3 heterocycles. The molecule has 0 bridgehead atoms. The second-order valence-electron chi connectivity index (χ2n) is 15.9. The molecular weight excluding hydrogens is 813 g/mol. The van der Waals surface area contributed by atoms with Crippen molar-refractivity contribution >= 4 is 53.5 Å². The number of esters is 4. The fourth-order valence-electron chi connectivity index (χ4n) is 8.11. The van der Waals surface area contributed by atoms with Gasteiger partial charge < -0.3 is 40.2 Å². The van der Waals surface area contributed by atoms with Crippen molar-refractivity contribution in [2.75, 3.05) is 99.6 Å². The molecule has 3 saturated heterocycles. The van der Waals surface area contributed by atoms with Gasteiger partial charge in [-0.2, -0.15) is 11.8 Å². The molecule has 3 aliphatic rings. The minimum atomic E-state index is -0.737. The van der Waals surface area contributed by atoms with Crippen molar-refractivity contribution in [1.29, 1.82) is 0 Å². The number of rotatable bonds is 22. The van der Waals surface area contributed by atoms with Crippen molar-refractivity contribution in [3.63, 3.8) is 0 Å². The molecule has 4 N–H and O–H groups in total. The SMILES string of the molecule is COC(=O)C(C)N1CCN(C(C)C(=O)OC)CCN(C(CCNC(=O)CCCCCNC(=O)CCCC[C@@H]2SC[C@@H]3NC(=O)N[C@@H]32)C(=O)OC)CCN(C(C)C(=O)OC)CC1. The lowest BCUT2D eigenvalue weighted by atomic mass is 10.0. The summed E-state index contributed by atoms with van der Waals surface area (Å²) in [6.45, 7) is 9.06. The first-order chi connectivity index (χ1) is 29.2. The molecule has 3 aliphatic heterocycles. The highest BCUT2D eigenvalue weighted by atomic mass is 32.2. The van der Waals surface area contributed by atoms with Gasteiger partial charge in [-0.1, -0.05) is 12.8 Å². The fourth-order valence-corrected chi connectivity index (χ4v) is 9.65. The van der Waals surface area contributed by atoms with Crippen molar-refractivity contribution in [2.45, 2.75) is 120 Å². The van der Waals surface area contributed by atoms with Crippen molar-refractivity contribution in [3.8, 4) is 0 Å². The maximum Gasteiger partial charge on any atom is 0.323 e. The molecule has 3 rings (SSSR count). The highest BCUT2D eigenvalue weighted by Crippen LogP contribution is 2.33. The predicted molar refractivity (Wildman–Crippen MR) is 230 cm³/mol. The number of unbranched alkanes of at least 4 members (excludes halogenated alkanes) is 3. The fraction of sp³-hybridized carbons (Fsp3) is 0.829. The van der Waals surface area contributed by atoms with Crippen molar-refractivity contribution in [3.05, 3.63) is 0 Å². The molecule has 7 atom stereocenters. The summed E-state index contributed by atoms with van der Waals surface area (Å²) in [4.78, 5) is 96.1. The first-order valence-corrected chi connectivity index (χ1v) is 22.8. The van der Waals surface area contributed by atoms with Crippen LogP contribution in [0.3, 0.4) is 0 Å². The number of ether oxygens (including phenoxy) is 4. The van der Waals surface area contributed by atoms with Gasteiger partial charge in [0.2, 0.25) is 11.8 Å². The number of nitrogens with one attached hydrogen (secondary N) is 4. The molecule has 0 aromatic carbocycles. The normalized spacial score (nSPS) is 22.7. The van der Waals surface area contributed by atoms with Crippen LogP contribution < -0.4 is 21.3 Å². The van der Waals surface area contributed by atoms with Gasteiger partial charge in [0.25, 0.3) is 0 Å². The van der Waals surface area contributed by atoms with E-state index >= 15 is 0 Å². The van der Waals surface area contributed by atoms with E-state index in [0.29, 0.717) is 83.4 Å². The van der Waals surface area contributed by atoms with E-state index < -0.39 is 48.0 Å². The average molecular weight is 885 g/mol. The second kappa shape index (κ2) is 27.4. The summed E-state index contributed by atoms with van der Waals surface area (Å²) in [5.41, 5.74) is 0. The molecule has 348 valence electrons. The van der Waals surface area contributed by atoms with Crippen molar-refractivity contribution in [1.82, 2.24) is 40.9 Å². The van der Waals surface area contributed by atoms with E-state index in [2.05, 4.69) is 21.3 Å². The summed E-state index contributed by atoms with van der Waals surface area (Å²) in [7, 11) is 5.32. The number of hydrogen-bond acceptors (Lipinski definition) is 16. The predicted octanol–water partition coefficient (Wildman–Crippen LogP) is 0.343. The molecule has 0 radical (unpaired) electrons. The van der Waals surface area contributed by atoms with Gasteiger partial charge in [0.1, 0.15) is 24.2 Å². The molecule has 0 aromatic heterocycles. The molecule has 4 unspecified atom stereocenters. The van der Waals surface area contributed by atoms with Gasteiger partial charge in [-0.3, -0.25) is 48.4 Å². The minimum absolute atomic E-state index is 0.0243. The van der Waals surface area contributed by atoms with Crippen LogP contribution in [0.25, 0.3) is 0 Å². The molecule has 0 saturated carbocycles. The zero-order valence-electron chi connectivity index (χ0n) is 37.4. The summed E-state index contributed by atoms with van der Waals surface area (Å²) in [5.74, 6) is -0.887. The average Bonchev–Trinajstić information content (AvgIpc) is 3.82. The van der Waals surface area contributed by atoms with Crippen LogP contribution in [0.15, 0.2) is 0 Å². The maximum absolute atomic E-state index is 13.4. The number of methoxy groups -OCH3 is 4. The van der Waals surface area contributed by atoms with Gasteiger partial charge in [0.05, 0.1) is 40.5 Å². The highest BCUT2D eigenvalue weighted by molar-refractivity contribution is 8.00. The molecule has 19 nitrogen and oxygen atoms in total. The lowest BCUT2D eigenvalue weighted by Gasteiger charge is -2.39. The third-order valence-corrected chi connectivity index (χ3v) is 13.6. The number of carbonyl (C=O) groups is 7. The third kappa shape index (κ3) is 16.8. The van der Waals surface area contributed by atoms with Gasteiger partial charge in [-0.25, -0.2) is 4.79 Å². The van der Waals surface area contributed by atoms with Crippen LogP contribution in [-0.4, -0.2) is 202 Å².